The number of hydrogen-bond acceptors (Lipinski definition) is 3. The molecule has 0 fully saturated rings. The molecule has 1 aromatic carbocycles. The van der Waals surface area contributed by atoms with Gasteiger partial charge in [-0.05, 0) is 37.1 Å². The van der Waals surface area contributed by atoms with E-state index in [0.29, 0.717) is 10.5 Å². The van der Waals surface area contributed by atoms with Crippen LogP contribution in [0.4, 0.5) is 0 Å². The van der Waals surface area contributed by atoms with Gasteiger partial charge in [-0.1, -0.05) is 18.3 Å². The second kappa shape index (κ2) is 4.45. The molecule has 0 saturated carbocycles. The normalized spacial score (nSPS) is 10.1. The molecule has 0 atom stereocenters. The van der Waals surface area contributed by atoms with E-state index in [2.05, 4.69) is 16.0 Å². The van der Waals surface area contributed by atoms with E-state index in [1.807, 2.05) is 26.0 Å². The predicted molar refractivity (Wildman–Crippen MR) is 65.4 cm³/mol. The monoisotopic (exact) mass is 232 g/mol. The highest BCUT2D eigenvalue weighted by Gasteiger charge is 1.99. The molecular weight excluding hydrogens is 220 g/mol. The number of ether oxygens (including phenoxy) is 1. The van der Waals surface area contributed by atoms with Crippen LogP contribution < -0.4 is 4.74 Å². The van der Waals surface area contributed by atoms with Crippen molar-refractivity contribution in [1.82, 2.24) is 9.97 Å². The Morgan fingerprint density at radius 3 is 2.44 bits per heavy atom. The number of nitrogens with one attached hydrogen (secondary N) is 1. The Balaban J connectivity index is 2.30. The molecule has 0 aliphatic carbocycles. The number of nitrogens with zero attached hydrogens (tertiary/aromatic N) is 1. The molecule has 0 aliphatic rings. The van der Waals surface area contributed by atoms with Crippen molar-refractivity contribution >= 4 is 12.2 Å². The van der Waals surface area contributed by atoms with Crippen LogP contribution in [0.5, 0.6) is 11.6 Å². The summed E-state index contributed by atoms with van der Waals surface area (Å²) in [6.07, 6.45) is 1.53. The number of aromatic amines is 1. The third-order valence-corrected chi connectivity index (χ3v) is 2.30. The number of aromatic nitrogens is 2. The molecule has 1 heterocycles. The Labute approximate surface area is 99.1 Å². The highest BCUT2D eigenvalue weighted by Crippen LogP contribution is 2.21. The van der Waals surface area contributed by atoms with E-state index in [1.165, 1.54) is 17.5 Å². The predicted octanol–water partition coefficient (Wildman–Crippen LogP) is 3.55. The second-order valence-corrected chi connectivity index (χ2v) is 4.09. The highest BCUT2D eigenvalue weighted by molar-refractivity contribution is 7.71. The van der Waals surface area contributed by atoms with Crippen LogP contribution in [0.1, 0.15) is 11.1 Å². The highest BCUT2D eigenvalue weighted by atomic mass is 32.1. The lowest BCUT2D eigenvalue weighted by Gasteiger charge is -2.06. The van der Waals surface area contributed by atoms with Crippen LogP contribution >= 0.6 is 12.2 Å². The first kappa shape index (κ1) is 10.8. The maximum absolute atomic E-state index is 5.66. The van der Waals surface area contributed by atoms with Crippen molar-refractivity contribution in [1.29, 1.82) is 0 Å². The zero-order chi connectivity index (χ0) is 11.5. The molecule has 1 aromatic heterocycles. The molecule has 2 rings (SSSR count). The molecule has 82 valence electrons. The van der Waals surface area contributed by atoms with Gasteiger partial charge in [-0.3, -0.25) is 0 Å². The molecule has 4 heteroatoms. The minimum atomic E-state index is 0.512. The second-order valence-electron chi connectivity index (χ2n) is 3.67. The maximum Gasteiger partial charge on any atom is 0.201 e. The van der Waals surface area contributed by atoms with Gasteiger partial charge >= 0.3 is 0 Å². The molecule has 0 spiro atoms. The molecule has 0 unspecified atom stereocenters. The number of H-pyrrole nitrogens is 1. The summed E-state index contributed by atoms with van der Waals surface area (Å²) in [7, 11) is 0. The zero-order valence-corrected chi connectivity index (χ0v) is 9.97. The van der Waals surface area contributed by atoms with Gasteiger partial charge in [-0.2, -0.15) is 0 Å². The molecule has 0 radical (unpaired) electrons. The van der Waals surface area contributed by atoms with Gasteiger partial charge in [0.15, 0.2) is 0 Å². The largest absolute Gasteiger partial charge is 0.441 e. The summed E-state index contributed by atoms with van der Waals surface area (Å²) >= 11 is 4.96. The average Bonchev–Trinajstić information content (AvgIpc) is 2.15. The molecule has 16 heavy (non-hydrogen) atoms. The van der Waals surface area contributed by atoms with Crippen molar-refractivity contribution < 1.29 is 4.74 Å². The molecular formula is C12H12N2OS. The first-order valence-corrected chi connectivity index (χ1v) is 5.35. The Bertz CT molecular complexity index is 543. The van der Waals surface area contributed by atoms with Gasteiger partial charge in [0.05, 0.1) is 6.33 Å². The SMILES string of the molecule is Cc1cc(C)cc(Oc2cc(=S)nc[nH]2)c1. The van der Waals surface area contributed by atoms with Crippen molar-refractivity contribution in [2.45, 2.75) is 13.8 Å². The number of rotatable bonds is 2. The fourth-order valence-electron chi connectivity index (χ4n) is 1.53. The minimum absolute atomic E-state index is 0.512. The Hall–Kier alpha value is -1.68. The Kier molecular flexibility index (Phi) is 3.01. The van der Waals surface area contributed by atoms with E-state index in [4.69, 9.17) is 17.0 Å². The third kappa shape index (κ3) is 2.67. The lowest BCUT2D eigenvalue weighted by Crippen LogP contribution is -1.90. The summed E-state index contributed by atoms with van der Waals surface area (Å²) in [4.78, 5) is 6.79. The standard InChI is InChI=1S/C12H12N2OS/c1-8-3-9(2)5-10(4-8)15-11-6-12(16)14-7-13-11/h3-7H,1-2H3,(H,13,14,16). The van der Waals surface area contributed by atoms with E-state index >= 15 is 0 Å². The first-order valence-electron chi connectivity index (χ1n) is 4.94. The van der Waals surface area contributed by atoms with E-state index in [9.17, 15) is 0 Å². The first-order chi connectivity index (χ1) is 7.63. The summed E-state index contributed by atoms with van der Waals surface area (Å²) in [6, 6.07) is 7.74. The fraction of sp³-hybridized carbons (Fsp3) is 0.167. The third-order valence-electron chi connectivity index (χ3n) is 2.08. The number of aryl methyl sites for hydroxylation is 2. The van der Waals surface area contributed by atoms with Crippen molar-refractivity contribution in [3.05, 3.63) is 46.4 Å². The molecule has 0 amide bonds. The number of benzene rings is 1. The summed E-state index contributed by atoms with van der Waals surface area (Å²) in [5, 5.41) is 0. The van der Waals surface area contributed by atoms with E-state index in [1.54, 1.807) is 6.07 Å². The van der Waals surface area contributed by atoms with Gasteiger partial charge in [0.1, 0.15) is 10.4 Å². The summed E-state index contributed by atoms with van der Waals surface area (Å²) in [5.41, 5.74) is 2.34. The average molecular weight is 232 g/mol. The van der Waals surface area contributed by atoms with Gasteiger partial charge < -0.3 is 9.72 Å². The van der Waals surface area contributed by atoms with Gasteiger partial charge in [0.25, 0.3) is 0 Å². The molecule has 0 aliphatic heterocycles. The van der Waals surface area contributed by atoms with Crippen LogP contribution in [-0.4, -0.2) is 9.97 Å². The van der Waals surface area contributed by atoms with Crippen molar-refractivity contribution in [2.75, 3.05) is 0 Å². The van der Waals surface area contributed by atoms with E-state index < -0.39 is 0 Å². The summed E-state index contributed by atoms with van der Waals surface area (Å²) in [6.45, 7) is 4.07. The van der Waals surface area contributed by atoms with Crippen molar-refractivity contribution in [3.8, 4) is 11.6 Å². The molecule has 2 aromatic rings. The fourth-order valence-corrected chi connectivity index (χ4v) is 1.69. The minimum Gasteiger partial charge on any atom is -0.441 e. The van der Waals surface area contributed by atoms with Gasteiger partial charge in [-0.15, -0.1) is 0 Å². The maximum atomic E-state index is 5.66. The summed E-state index contributed by atoms with van der Waals surface area (Å²) in [5.74, 6) is 1.40. The van der Waals surface area contributed by atoms with Crippen LogP contribution in [0.2, 0.25) is 0 Å². The zero-order valence-electron chi connectivity index (χ0n) is 9.15. The quantitative estimate of drug-likeness (QED) is 0.805. The van der Waals surface area contributed by atoms with Crippen molar-refractivity contribution in [2.24, 2.45) is 0 Å². The lowest BCUT2D eigenvalue weighted by molar-refractivity contribution is 0.460. The van der Waals surface area contributed by atoms with Crippen LogP contribution in [0.15, 0.2) is 30.6 Å². The number of hydrogen-bond donors (Lipinski definition) is 1. The van der Waals surface area contributed by atoms with Crippen LogP contribution in [0, 0.1) is 18.5 Å². The van der Waals surface area contributed by atoms with Gasteiger partial charge in [-0.25, -0.2) is 4.98 Å². The molecule has 1 N–H and O–H groups in total. The Morgan fingerprint density at radius 2 is 1.81 bits per heavy atom. The molecule has 0 bridgehead atoms. The smallest absolute Gasteiger partial charge is 0.201 e. The topological polar surface area (TPSA) is 37.9 Å². The van der Waals surface area contributed by atoms with Crippen LogP contribution in [0.3, 0.4) is 0 Å². The Morgan fingerprint density at radius 1 is 1.12 bits per heavy atom. The van der Waals surface area contributed by atoms with E-state index in [0.717, 1.165) is 5.75 Å². The van der Waals surface area contributed by atoms with Crippen molar-refractivity contribution in [3.63, 3.8) is 0 Å². The van der Waals surface area contributed by atoms with Gasteiger partial charge in [0, 0.05) is 6.07 Å². The van der Waals surface area contributed by atoms with E-state index in [-0.39, 0.29) is 0 Å². The van der Waals surface area contributed by atoms with Gasteiger partial charge in [0.2, 0.25) is 5.88 Å². The summed E-state index contributed by atoms with van der Waals surface area (Å²) < 4.78 is 6.17. The molecule has 0 saturated heterocycles. The van der Waals surface area contributed by atoms with Crippen LogP contribution in [-0.2, 0) is 0 Å². The lowest BCUT2D eigenvalue weighted by atomic mass is 10.1. The molecule has 3 nitrogen and oxygen atoms in total. The van der Waals surface area contributed by atoms with Crippen LogP contribution in [0.25, 0.3) is 0 Å².